The van der Waals surface area contributed by atoms with Crippen molar-refractivity contribution in [2.45, 2.75) is 6.61 Å². The summed E-state index contributed by atoms with van der Waals surface area (Å²) >= 11 is 1.48. The SMILES string of the molecule is N#C/C(=C/c1ccc(OCc2ccccc2)cc1)c1nc(-c2ccc(-c3ccccc3)cc2)cs1. The lowest BCUT2D eigenvalue weighted by atomic mass is 10.0. The van der Waals surface area contributed by atoms with Crippen molar-refractivity contribution in [3.8, 4) is 34.2 Å². The first-order valence-electron chi connectivity index (χ1n) is 11.3. The fourth-order valence-corrected chi connectivity index (χ4v) is 4.50. The van der Waals surface area contributed by atoms with E-state index in [1.165, 1.54) is 22.5 Å². The quantitative estimate of drug-likeness (QED) is 0.226. The van der Waals surface area contributed by atoms with Gasteiger partial charge in [-0.1, -0.05) is 97.1 Å². The molecule has 1 aromatic heterocycles. The zero-order valence-electron chi connectivity index (χ0n) is 19.0. The molecule has 168 valence electrons. The van der Waals surface area contributed by atoms with Crippen molar-refractivity contribution < 1.29 is 4.74 Å². The van der Waals surface area contributed by atoms with E-state index in [2.05, 4.69) is 42.5 Å². The van der Waals surface area contributed by atoms with Crippen molar-refractivity contribution in [3.05, 3.63) is 131 Å². The number of hydrogen-bond donors (Lipinski definition) is 0. The van der Waals surface area contributed by atoms with E-state index >= 15 is 0 Å². The number of benzene rings is 4. The first kappa shape index (κ1) is 22.3. The Morgan fingerprint density at radius 1 is 0.771 bits per heavy atom. The summed E-state index contributed by atoms with van der Waals surface area (Å²) < 4.78 is 5.86. The number of hydrogen-bond acceptors (Lipinski definition) is 4. The Hall–Kier alpha value is -4.46. The van der Waals surface area contributed by atoms with Gasteiger partial charge in [0.2, 0.25) is 0 Å². The van der Waals surface area contributed by atoms with Crippen LogP contribution in [-0.4, -0.2) is 4.98 Å². The highest BCUT2D eigenvalue weighted by Gasteiger charge is 2.10. The zero-order chi connectivity index (χ0) is 23.9. The molecule has 0 fully saturated rings. The van der Waals surface area contributed by atoms with Gasteiger partial charge in [0.1, 0.15) is 23.4 Å². The van der Waals surface area contributed by atoms with Gasteiger partial charge in [-0.25, -0.2) is 4.98 Å². The molecule has 0 aliphatic rings. The molecule has 4 aromatic carbocycles. The first-order valence-corrected chi connectivity index (χ1v) is 12.2. The highest BCUT2D eigenvalue weighted by atomic mass is 32.1. The summed E-state index contributed by atoms with van der Waals surface area (Å²) in [6, 6.07) is 38.8. The van der Waals surface area contributed by atoms with Gasteiger partial charge in [0, 0.05) is 10.9 Å². The number of nitrogens with zero attached hydrogens (tertiary/aromatic N) is 2. The molecule has 5 rings (SSSR count). The van der Waals surface area contributed by atoms with Crippen LogP contribution in [0.25, 0.3) is 34.0 Å². The van der Waals surface area contributed by atoms with Gasteiger partial charge in [-0.2, -0.15) is 5.26 Å². The number of thiazole rings is 1. The minimum atomic E-state index is 0.522. The molecule has 0 spiro atoms. The van der Waals surface area contributed by atoms with Gasteiger partial charge in [0.25, 0.3) is 0 Å². The van der Waals surface area contributed by atoms with E-state index in [1.807, 2.05) is 84.3 Å². The van der Waals surface area contributed by atoms with Crippen LogP contribution in [0.1, 0.15) is 16.1 Å². The maximum atomic E-state index is 9.77. The molecule has 0 saturated carbocycles. The van der Waals surface area contributed by atoms with Gasteiger partial charge in [0.15, 0.2) is 0 Å². The summed E-state index contributed by atoms with van der Waals surface area (Å²) in [6.45, 7) is 0.522. The maximum Gasteiger partial charge on any atom is 0.134 e. The molecule has 0 unspecified atom stereocenters. The summed E-state index contributed by atoms with van der Waals surface area (Å²) in [5.41, 5.74) is 6.85. The molecule has 5 aromatic rings. The minimum Gasteiger partial charge on any atom is -0.489 e. The average Bonchev–Trinajstić information content (AvgIpc) is 3.43. The van der Waals surface area contributed by atoms with Crippen molar-refractivity contribution in [3.63, 3.8) is 0 Å². The third-order valence-corrected chi connectivity index (χ3v) is 6.46. The monoisotopic (exact) mass is 470 g/mol. The van der Waals surface area contributed by atoms with Crippen LogP contribution in [0.5, 0.6) is 5.75 Å². The van der Waals surface area contributed by atoms with Crippen LogP contribution in [-0.2, 0) is 6.61 Å². The highest BCUT2D eigenvalue weighted by molar-refractivity contribution is 7.11. The van der Waals surface area contributed by atoms with Gasteiger partial charge in [-0.05, 0) is 40.5 Å². The normalized spacial score (nSPS) is 11.1. The van der Waals surface area contributed by atoms with Crippen LogP contribution in [0.4, 0.5) is 0 Å². The average molecular weight is 471 g/mol. The van der Waals surface area contributed by atoms with Gasteiger partial charge in [-0.3, -0.25) is 0 Å². The van der Waals surface area contributed by atoms with Gasteiger partial charge < -0.3 is 4.74 Å². The van der Waals surface area contributed by atoms with Crippen molar-refractivity contribution in [2.75, 3.05) is 0 Å². The molecule has 0 saturated heterocycles. The molecular weight excluding hydrogens is 448 g/mol. The van der Waals surface area contributed by atoms with Crippen molar-refractivity contribution >= 4 is 23.0 Å². The van der Waals surface area contributed by atoms with Crippen LogP contribution in [0.15, 0.2) is 115 Å². The lowest BCUT2D eigenvalue weighted by Crippen LogP contribution is -1.94. The summed E-state index contributed by atoms with van der Waals surface area (Å²) in [5.74, 6) is 0.792. The predicted octanol–water partition coefficient (Wildman–Crippen LogP) is 8.12. The van der Waals surface area contributed by atoms with E-state index in [1.54, 1.807) is 0 Å². The van der Waals surface area contributed by atoms with E-state index in [0.29, 0.717) is 17.2 Å². The van der Waals surface area contributed by atoms with Crippen molar-refractivity contribution in [2.24, 2.45) is 0 Å². The number of rotatable bonds is 7. The highest BCUT2D eigenvalue weighted by Crippen LogP contribution is 2.29. The second kappa shape index (κ2) is 10.6. The van der Waals surface area contributed by atoms with Gasteiger partial charge in [-0.15, -0.1) is 11.3 Å². The largest absolute Gasteiger partial charge is 0.489 e. The minimum absolute atomic E-state index is 0.522. The molecule has 0 atom stereocenters. The first-order chi connectivity index (χ1) is 17.3. The third-order valence-electron chi connectivity index (χ3n) is 5.58. The van der Waals surface area contributed by atoms with Crippen LogP contribution < -0.4 is 4.74 Å². The van der Waals surface area contributed by atoms with Crippen LogP contribution >= 0.6 is 11.3 Å². The van der Waals surface area contributed by atoms with Gasteiger partial charge in [0.05, 0.1) is 11.3 Å². The topological polar surface area (TPSA) is 45.9 Å². The molecule has 0 aliphatic heterocycles. The fourth-order valence-electron chi connectivity index (χ4n) is 3.70. The van der Waals surface area contributed by atoms with Gasteiger partial charge >= 0.3 is 0 Å². The Bertz CT molecular complexity index is 1460. The summed E-state index contributed by atoms with van der Waals surface area (Å²) in [4.78, 5) is 4.73. The Kier molecular flexibility index (Phi) is 6.79. The molecule has 4 heteroatoms. The Labute approximate surface area is 209 Å². The van der Waals surface area contributed by atoms with Crippen molar-refractivity contribution in [1.82, 2.24) is 4.98 Å². The van der Waals surface area contributed by atoms with E-state index in [9.17, 15) is 5.26 Å². The smallest absolute Gasteiger partial charge is 0.134 e. The molecule has 0 bridgehead atoms. The van der Waals surface area contributed by atoms with E-state index in [0.717, 1.165) is 28.1 Å². The molecule has 0 amide bonds. The van der Waals surface area contributed by atoms with Crippen LogP contribution in [0.3, 0.4) is 0 Å². The second-order valence-corrected chi connectivity index (χ2v) is 8.85. The molecule has 0 aliphatic carbocycles. The summed E-state index contributed by atoms with van der Waals surface area (Å²) in [6.07, 6.45) is 1.86. The standard InChI is InChI=1S/C31H22N2OS/c32-20-28(19-23-11-17-29(18-12-23)34-21-24-7-3-1-4-8-24)31-33-30(22-35-31)27-15-13-26(14-16-27)25-9-5-2-6-10-25/h1-19,22H,21H2/b28-19-. The van der Waals surface area contributed by atoms with E-state index in [4.69, 9.17) is 9.72 Å². The Balaban J connectivity index is 1.28. The second-order valence-electron chi connectivity index (χ2n) is 7.99. The molecule has 0 N–H and O–H groups in total. The summed E-state index contributed by atoms with van der Waals surface area (Å²) in [7, 11) is 0. The summed E-state index contributed by atoms with van der Waals surface area (Å²) in [5, 5.41) is 12.5. The lowest BCUT2D eigenvalue weighted by Gasteiger charge is -2.06. The molecule has 0 radical (unpaired) electrons. The van der Waals surface area contributed by atoms with Crippen molar-refractivity contribution in [1.29, 1.82) is 5.26 Å². The zero-order valence-corrected chi connectivity index (χ0v) is 19.8. The van der Waals surface area contributed by atoms with Crippen LogP contribution in [0, 0.1) is 11.3 Å². The number of ether oxygens (including phenoxy) is 1. The lowest BCUT2D eigenvalue weighted by molar-refractivity contribution is 0.306. The third kappa shape index (κ3) is 5.55. The fraction of sp³-hybridized carbons (Fsp3) is 0.0323. The number of nitriles is 1. The van der Waals surface area contributed by atoms with E-state index in [-0.39, 0.29) is 0 Å². The Morgan fingerprint density at radius 3 is 2.09 bits per heavy atom. The van der Waals surface area contributed by atoms with Crippen LogP contribution in [0.2, 0.25) is 0 Å². The number of aromatic nitrogens is 1. The predicted molar refractivity (Wildman–Crippen MR) is 144 cm³/mol. The molecular formula is C31H22N2OS. The number of allylic oxidation sites excluding steroid dienone is 1. The molecule has 1 heterocycles. The molecule has 35 heavy (non-hydrogen) atoms. The molecule has 3 nitrogen and oxygen atoms in total. The Morgan fingerprint density at radius 2 is 1.40 bits per heavy atom. The maximum absolute atomic E-state index is 9.77. The van der Waals surface area contributed by atoms with E-state index < -0.39 is 0 Å².